The minimum Gasteiger partial charge on any atom is -0.388 e. The maximum Gasteiger partial charge on any atom is 0.109 e. The highest BCUT2D eigenvalue weighted by Gasteiger charge is 2.30. The molecule has 1 saturated carbocycles. The van der Waals surface area contributed by atoms with Gasteiger partial charge in [0.2, 0.25) is 0 Å². The summed E-state index contributed by atoms with van der Waals surface area (Å²) < 4.78 is 1.79. The van der Waals surface area contributed by atoms with Gasteiger partial charge in [-0.2, -0.15) is 5.26 Å². The van der Waals surface area contributed by atoms with Gasteiger partial charge >= 0.3 is 0 Å². The maximum absolute atomic E-state index is 9.75. The molecule has 0 aliphatic heterocycles. The Morgan fingerprint density at radius 1 is 1.69 bits per heavy atom. The summed E-state index contributed by atoms with van der Waals surface area (Å²) >= 11 is 0. The fourth-order valence-corrected chi connectivity index (χ4v) is 1.50. The van der Waals surface area contributed by atoms with E-state index >= 15 is 0 Å². The van der Waals surface area contributed by atoms with Crippen molar-refractivity contribution in [2.75, 3.05) is 0 Å². The van der Waals surface area contributed by atoms with E-state index in [-0.39, 0.29) is 6.10 Å². The number of aromatic nitrogens is 1. The first-order chi connectivity index (χ1) is 6.31. The van der Waals surface area contributed by atoms with Gasteiger partial charge in [0.15, 0.2) is 0 Å². The van der Waals surface area contributed by atoms with Crippen LogP contribution in [0.3, 0.4) is 0 Å². The summed E-state index contributed by atoms with van der Waals surface area (Å²) in [5.41, 5.74) is 0.942. The quantitative estimate of drug-likeness (QED) is 0.757. The van der Waals surface area contributed by atoms with Crippen LogP contribution in [0.2, 0.25) is 0 Å². The molecule has 1 aromatic rings. The van der Waals surface area contributed by atoms with E-state index in [2.05, 4.69) is 6.07 Å². The van der Waals surface area contributed by atoms with Crippen molar-refractivity contribution in [2.24, 2.45) is 5.92 Å². The van der Waals surface area contributed by atoms with Gasteiger partial charge in [0.05, 0.1) is 12.2 Å². The smallest absolute Gasteiger partial charge is 0.109 e. The first-order valence-corrected chi connectivity index (χ1v) is 4.52. The molecule has 0 spiro atoms. The van der Waals surface area contributed by atoms with E-state index in [0.717, 1.165) is 18.4 Å². The van der Waals surface area contributed by atoms with Crippen molar-refractivity contribution in [1.82, 2.24) is 4.57 Å². The summed E-state index contributed by atoms with van der Waals surface area (Å²) in [6.45, 7) is 0.359. The Bertz CT molecular complexity index is 333. The minimum absolute atomic E-state index is 0.319. The highest BCUT2D eigenvalue weighted by atomic mass is 16.3. The zero-order valence-corrected chi connectivity index (χ0v) is 7.35. The van der Waals surface area contributed by atoms with Crippen LogP contribution in [0.1, 0.15) is 24.5 Å². The zero-order chi connectivity index (χ0) is 9.26. The summed E-state index contributed by atoms with van der Waals surface area (Å²) in [4.78, 5) is 0. The lowest BCUT2D eigenvalue weighted by Gasteiger charge is -2.05. The Labute approximate surface area is 77.2 Å². The van der Waals surface area contributed by atoms with E-state index in [1.54, 1.807) is 4.57 Å². The van der Waals surface area contributed by atoms with Crippen molar-refractivity contribution >= 4 is 0 Å². The van der Waals surface area contributed by atoms with Crippen LogP contribution in [-0.4, -0.2) is 9.67 Å². The van der Waals surface area contributed by atoms with Crippen molar-refractivity contribution in [1.29, 1.82) is 5.26 Å². The summed E-state index contributed by atoms with van der Waals surface area (Å²) in [5, 5.41) is 18.2. The van der Waals surface area contributed by atoms with Gasteiger partial charge < -0.3 is 9.67 Å². The zero-order valence-electron chi connectivity index (χ0n) is 7.35. The number of hydrogen-bond acceptors (Lipinski definition) is 2. The van der Waals surface area contributed by atoms with Gasteiger partial charge in [-0.3, -0.25) is 0 Å². The third kappa shape index (κ3) is 1.73. The maximum atomic E-state index is 9.75. The molecule has 0 radical (unpaired) electrons. The summed E-state index contributed by atoms with van der Waals surface area (Å²) in [5.74, 6) is 0.456. The summed E-state index contributed by atoms with van der Waals surface area (Å²) in [6, 6.07) is 3.95. The molecule has 1 aliphatic rings. The molecule has 1 heterocycles. The van der Waals surface area contributed by atoms with Crippen molar-refractivity contribution in [2.45, 2.75) is 25.5 Å². The fourth-order valence-electron chi connectivity index (χ4n) is 1.50. The van der Waals surface area contributed by atoms with Gasteiger partial charge in [-0.1, -0.05) is 0 Å². The topological polar surface area (TPSA) is 49.0 Å². The molecule has 13 heavy (non-hydrogen) atoms. The van der Waals surface area contributed by atoms with E-state index in [1.165, 1.54) is 0 Å². The lowest BCUT2D eigenvalue weighted by Crippen LogP contribution is -1.98. The molecule has 0 aromatic carbocycles. The van der Waals surface area contributed by atoms with Gasteiger partial charge in [-0.15, -0.1) is 0 Å². The van der Waals surface area contributed by atoms with Crippen LogP contribution in [0.25, 0.3) is 0 Å². The average Bonchev–Trinajstić information content (AvgIpc) is 2.87. The third-order valence-corrected chi connectivity index (χ3v) is 2.44. The molecule has 0 bridgehead atoms. The van der Waals surface area contributed by atoms with Crippen LogP contribution in [0.5, 0.6) is 0 Å². The van der Waals surface area contributed by atoms with Crippen molar-refractivity contribution in [3.05, 3.63) is 24.0 Å². The second kappa shape index (κ2) is 3.23. The van der Waals surface area contributed by atoms with Crippen LogP contribution in [0, 0.1) is 17.2 Å². The third-order valence-electron chi connectivity index (χ3n) is 2.44. The molecule has 0 saturated heterocycles. The van der Waals surface area contributed by atoms with Gasteiger partial charge in [0.25, 0.3) is 0 Å². The number of aliphatic hydroxyl groups excluding tert-OH is 1. The van der Waals surface area contributed by atoms with Crippen molar-refractivity contribution in [3.63, 3.8) is 0 Å². The molecule has 1 atom stereocenters. The molecular weight excluding hydrogens is 164 g/mol. The normalized spacial score (nSPS) is 18.2. The lowest BCUT2D eigenvalue weighted by molar-refractivity contribution is 0.154. The molecule has 1 N–H and O–H groups in total. The van der Waals surface area contributed by atoms with Crippen LogP contribution in [-0.2, 0) is 6.54 Å². The molecule has 1 unspecified atom stereocenters. The Balaban J connectivity index is 2.08. The molecule has 3 heteroatoms. The second-order valence-electron chi connectivity index (χ2n) is 3.56. The number of nitriles is 1. The van der Waals surface area contributed by atoms with Crippen LogP contribution < -0.4 is 0 Å². The molecule has 3 nitrogen and oxygen atoms in total. The van der Waals surface area contributed by atoms with E-state index in [1.807, 2.05) is 18.5 Å². The predicted octanol–water partition coefficient (Wildman–Crippen LogP) is 1.46. The molecule has 2 rings (SSSR count). The average molecular weight is 176 g/mol. The monoisotopic (exact) mass is 176 g/mol. The number of aliphatic hydroxyl groups is 1. The predicted molar refractivity (Wildman–Crippen MR) is 47.7 cm³/mol. The molecule has 1 fully saturated rings. The Morgan fingerprint density at radius 2 is 2.46 bits per heavy atom. The fraction of sp³-hybridized carbons (Fsp3) is 0.500. The lowest BCUT2D eigenvalue weighted by atomic mass is 10.1. The van der Waals surface area contributed by atoms with E-state index in [9.17, 15) is 5.11 Å². The van der Waals surface area contributed by atoms with Crippen LogP contribution in [0.15, 0.2) is 18.5 Å². The van der Waals surface area contributed by atoms with Crippen LogP contribution in [0.4, 0.5) is 0 Å². The Hall–Kier alpha value is -1.27. The highest BCUT2D eigenvalue weighted by molar-refractivity contribution is 5.16. The van der Waals surface area contributed by atoms with E-state index in [0.29, 0.717) is 12.5 Å². The summed E-state index contributed by atoms with van der Waals surface area (Å²) in [6.07, 6.45) is 5.63. The van der Waals surface area contributed by atoms with Gasteiger partial charge in [0.1, 0.15) is 6.54 Å². The molecule has 68 valence electrons. The molecular formula is C10H12N2O. The molecule has 0 amide bonds. The van der Waals surface area contributed by atoms with Crippen molar-refractivity contribution < 1.29 is 5.11 Å². The Morgan fingerprint density at radius 3 is 3.08 bits per heavy atom. The van der Waals surface area contributed by atoms with Gasteiger partial charge in [-0.05, 0) is 30.4 Å². The summed E-state index contributed by atoms with van der Waals surface area (Å²) in [7, 11) is 0. The van der Waals surface area contributed by atoms with Gasteiger partial charge in [0, 0.05) is 12.4 Å². The number of nitrogens with zero attached hydrogens (tertiary/aromatic N) is 2. The van der Waals surface area contributed by atoms with Gasteiger partial charge in [-0.25, -0.2) is 0 Å². The number of rotatable bonds is 3. The van der Waals surface area contributed by atoms with Crippen LogP contribution >= 0.6 is 0 Å². The first-order valence-electron chi connectivity index (χ1n) is 4.52. The SMILES string of the molecule is N#CCn1ccc(C(O)C2CC2)c1. The second-order valence-corrected chi connectivity index (χ2v) is 3.56. The standard InChI is InChI=1S/C10H12N2O/c11-4-6-12-5-3-9(7-12)10(13)8-1-2-8/h3,5,7-8,10,13H,1-2,6H2. The Kier molecular flexibility index (Phi) is 2.07. The molecule has 1 aromatic heterocycles. The van der Waals surface area contributed by atoms with E-state index in [4.69, 9.17) is 5.26 Å². The van der Waals surface area contributed by atoms with Crippen molar-refractivity contribution in [3.8, 4) is 6.07 Å². The first kappa shape index (κ1) is 8.33. The minimum atomic E-state index is -0.319. The largest absolute Gasteiger partial charge is 0.388 e. The highest BCUT2D eigenvalue weighted by Crippen LogP contribution is 2.40. The number of hydrogen-bond donors (Lipinski definition) is 1. The van der Waals surface area contributed by atoms with E-state index < -0.39 is 0 Å². The molecule has 1 aliphatic carbocycles.